The lowest BCUT2D eigenvalue weighted by Gasteiger charge is -2.15. The Hall–Kier alpha value is -2.01. The molecule has 4 rings (SSSR count). The minimum absolute atomic E-state index is 0.335. The molecule has 1 fully saturated rings. The molecule has 1 saturated heterocycles. The van der Waals surface area contributed by atoms with E-state index in [2.05, 4.69) is 38.5 Å². The first-order valence-corrected chi connectivity index (χ1v) is 13.3. The SMILES string of the molecule is CCOc1cc(/C=C2/SC(=O)N(c3ccc(Cl)cc3)C2=O)cc(I)c1OCc1ccc(Br)cc1. The van der Waals surface area contributed by atoms with Gasteiger partial charge in [-0.15, -0.1) is 0 Å². The third-order valence-corrected chi connectivity index (χ3v) is 7.26. The van der Waals surface area contributed by atoms with Crippen LogP contribution in [0.1, 0.15) is 18.1 Å². The van der Waals surface area contributed by atoms with E-state index in [-0.39, 0.29) is 11.1 Å². The summed E-state index contributed by atoms with van der Waals surface area (Å²) in [6.45, 7) is 2.75. The summed E-state index contributed by atoms with van der Waals surface area (Å²) in [5.74, 6) is 0.840. The van der Waals surface area contributed by atoms with E-state index < -0.39 is 0 Å². The summed E-state index contributed by atoms with van der Waals surface area (Å²) >= 11 is 12.5. The number of halogens is 3. The molecule has 34 heavy (non-hydrogen) atoms. The minimum Gasteiger partial charge on any atom is -0.490 e. The molecule has 0 saturated carbocycles. The van der Waals surface area contributed by atoms with Crippen molar-refractivity contribution in [3.05, 3.63) is 89.8 Å². The molecule has 0 N–H and O–H groups in total. The first kappa shape index (κ1) is 25.1. The van der Waals surface area contributed by atoms with E-state index in [4.69, 9.17) is 21.1 Å². The number of benzene rings is 3. The predicted octanol–water partition coefficient (Wildman–Crippen LogP) is 7.93. The standard InChI is InChI=1S/C25H18BrClINO4S/c1-2-32-21-12-16(11-20(28)23(21)33-14-15-3-5-17(26)6-4-15)13-22-24(30)29(25(31)34-22)19-9-7-18(27)8-10-19/h3-13H,2,14H2,1H3/b22-13+. The Bertz CT molecular complexity index is 1270. The van der Waals surface area contributed by atoms with Crippen LogP contribution < -0.4 is 14.4 Å². The highest BCUT2D eigenvalue weighted by molar-refractivity contribution is 14.1. The Morgan fingerprint density at radius 2 is 1.76 bits per heavy atom. The molecule has 0 aromatic heterocycles. The van der Waals surface area contributed by atoms with Crippen LogP contribution in [0.2, 0.25) is 5.02 Å². The Kier molecular flexibility index (Phi) is 8.23. The number of rotatable bonds is 7. The molecular formula is C25H18BrClINO4S. The molecule has 0 aliphatic carbocycles. The number of ether oxygens (including phenoxy) is 2. The smallest absolute Gasteiger partial charge is 0.298 e. The average Bonchev–Trinajstić information content (AvgIpc) is 3.08. The number of anilines is 1. The van der Waals surface area contributed by atoms with Crippen molar-refractivity contribution in [3.8, 4) is 11.5 Å². The second-order valence-corrected chi connectivity index (χ2v) is 10.7. The molecule has 3 aromatic rings. The molecule has 0 spiro atoms. The molecule has 1 heterocycles. The maximum absolute atomic E-state index is 13.0. The van der Waals surface area contributed by atoms with E-state index in [9.17, 15) is 9.59 Å². The zero-order chi connectivity index (χ0) is 24.2. The predicted molar refractivity (Wildman–Crippen MR) is 149 cm³/mol. The lowest BCUT2D eigenvalue weighted by Crippen LogP contribution is -2.27. The van der Waals surface area contributed by atoms with Crippen molar-refractivity contribution in [1.29, 1.82) is 0 Å². The molecule has 1 aliphatic heterocycles. The van der Waals surface area contributed by atoms with Gasteiger partial charge in [-0.3, -0.25) is 9.59 Å². The fourth-order valence-electron chi connectivity index (χ4n) is 3.24. The Morgan fingerprint density at radius 1 is 1.06 bits per heavy atom. The third kappa shape index (κ3) is 5.79. The van der Waals surface area contributed by atoms with Crippen LogP contribution in [0.25, 0.3) is 6.08 Å². The zero-order valence-electron chi connectivity index (χ0n) is 17.9. The molecule has 0 unspecified atom stereocenters. The van der Waals surface area contributed by atoms with Crippen LogP contribution in [-0.2, 0) is 11.4 Å². The summed E-state index contributed by atoms with van der Waals surface area (Å²) in [5, 5.41) is 0.180. The van der Waals surface area contributed by atoms with Crippen LogP contribution in [0.4, 0.5) is 10.5 Å². The maximum atomic E-state index is 13.0. The first-order valence-electron chi connectivity index (χ1n) is 10.2. The van der Waals surface area contributed by atoms with Gasteiger partial charge in [-0.05, 0) is 107 Å². The molecule has 0 bridgehead atoms. The molecule has 3 aromatic carbocycles. The second kappa shape index (κ2) is 11.2. The number of hydrogen-bond donors (Lipinski definition) is 0. The summed E-state index contributed by atoms with van der Waals surface area (Å²) in [6, 6.07) is 18.2. The Morgan fingerprint density at radius 3 is 2.44 bits per heavy atom. The van der Waals surface area contributed by atoms with Crippen molar-refractivity contribution in [3.63, 3.8) is 0 Å². The van der Waals surface area contributed by atoms with Gasteiger partial charge in [0.15, 0.2) is 11.5 Å². The number of hydrogen-bond acceptors (Lipinski definition) is 5. The summed E-state index contributed by atoms with van der Waals surface area (Å²) in [4.78, 5) is 27.0. The molecule has 1 aliphatic rings. The van der Waals surface area contributed by atoms with Crippen LogP contribution in [0, 0.1) is 3.57 Å². The normalized spacial score (nSPS) is 14.7. The van der Waals surface area contributed by atoms with Crippen LogP contribution in [-0.4, -0.2) is 17.8 Å². The van der Waals surface area contributed by atoms with Gasteiger partial charge in [-0.25, -0.2) is 4.90 Å². The monoisotopic (exact) mass is 669 g/mol. The van der Waals surface area contributed by atoms with Crippen molar-refractivity contribution < 1.29 is 19.1 Å². The van der Waals surface area contributed by atoms with Crippen molar-refractivity contribution >= 4 is 84.8 Å². The molecule has 0 radical (unpaired) electrons. The molecular weight excluding hydrogens is 653 g/mol. The van der Waals surface area contributed by atoms with Gasteiger partial charge in [0.2, 0.25) is 0 Å². The second-order valence-electron chi connectivity index (χ2n) is 7.17. The van der Waals surface area contributed by atoms with E-state index in [1.54, 1.807) is 30.3 Å². The van der Waals surface area contributed by atoms with E-state index in [0.29, 0.717) is 40.3 Å². The minimum atomic E-state index is -0.374. The van der Waals surface area contributed by atoms with Crippen molar-refractivity contribution in [1.82, 2.24) is 0 Å². The number of imide groups is 1. The van der Waals surface area contributed by atoms with Gasteiger partial charge in [0, 0.05) is 9.50 Å². The van der Waals surface area contributed by atoms with E-state index in [1.807, 2.05) is 43.3 Å². The molecule has 174 valence electrons. The number of thioether (sulfide) groups is 1. The van der Waals surface area contributed by atoms with Crippen LogP contribution in [0.15, 0.2) is 70.0 Å². The fraction of sp³-hybridized carbons (Fsp3) is 0.120. The number of carbonyl (C=O) groups excluding carboxylic acids is 2. The van der Waals surface area contributed by atoms with Gasteiger partial charge in [-0.2, -0.15) is 0 Å². The van der Waals surface area contributed by atoms with Crippen LogP contribution in [0.5, 0.6) is 11.5 Å². The van der Waals surface area contributed by atoms with Gasteiger partial charge in [0.25, 0.3) is 11.1 Å². The Balaban J connectivity index is 1.59. The Labute approximate surface area is 228 Å². The molecule has 0 atom stereocenters. The first-order chi connectivity index (χ1) is 16.4. The number of nitrogens with zero attached hydrogens (tertiary/aromatic N) is 1. The van der Waals surface area contributed by atoms with Crippen LogP contribution in [0.3, 0.4) is 0 Å². The lowest BCUT2D eigenvalue weighted by atomic mass is 10.1. The van der Waals surface area contributed by atoms with Gasteiger partial charge in [0.05, 0.1) is 20.8 Å². The van der Waals surface area contributed by atoms with Gasteiger partial charge >= 0.3 is 0 Å². The zero-order valence-corrected chi connectivity index (χ0v) is 23.2. The topological polar surface area (TPSA) is 55.8 Å². The van der Waals surface area contributed by atoms with Crippen molar-refractivity contribution in [2.75, 3.05) is 11.5 Å². The molecule has 9 heteroatoms. The molecule has 2 amide bonds. The maximum Gasteiger partial charge on any atom is 0.298 e. The number of amides is 2. The van der Waals surface area contributed by atoms with Gasteiger partial charge in [0.1, 0.15) is 6.61 Å². The quantitative estimate of drug-likeness (QED) is 0.189. The fourth-order valence-corrected chi connectivity index (χ4v) is 5.26. The largest absolute Gasteiger partial charge is 0.490 e. The van der Waals surface area contributed by atoms with Gasteiger partial charge < -0.3 is 9.47 Å². The summed E-state index contributed by atoms with van der Waals surface area (Å²) in [6.07, 6.45) is 1.70. The summed E-state index contributed by atoms with van der Waals surface area (Å²) < 4.78 is 13.8. The summed E-state index contributed by atoms with van der Waals surface area (Å²) in [7, 11) is 0. The highest BCUT2D eigenvalue weighted by Gasteiger charge is 2.36. The highest BCUT2D eigenvalue weighted by atomic mass is 127. The van der Waals surface area contributed by atoms with E-state index in [0.717, 1.165) is 35.8 Å². The average molecular weight is 671 g/mol. The van der Waals surface area contributed by atoms with Crippen molar-refractivity contribution in [2.24, 2.45) is 0 Å². The highest BCUT2D eigenvalue weighted by Crippen LogP contribution is 2.39. The van der Waals surface area contributed by atoms with Gasteiger partial charge in [-0.1, -0.05) is 39.7 Å². The molecule has 5 nitrogen and oxygen atoms in total. The van der Waals surface area contributed by atoms with E-state index >= 15 is 0 Å². The number of carbonyl (C=O) groups is 2. The lowest BCUT2D eigenvalue weighted by molar-refractivity contribution is -0.113. The van der Waals surface area contributed by atoms with Crippen molar-refractivity contribution in [2.45, 2.75) is 13.5 Å². The third-order valence-electron chi connectivity index (χ3n) is 4.80. The van der Waals surface area contributed by atoms with E-state index in [1.165, 1.54) is 0 Å². The van der Waals surface area contributed by atoms with Crippen LogP contribution >= 0.6 is 61.9 Å². The summed E-state index contributed by atoms with van der Waals surface area (Å²) in [5.41, 5.74) is 2.25.